The second-order valence-corrected chi connectivity index (χ2v) is 10.6. The van der Waals surface area contributed by atoms with Gasteiger partial charge in [0, 0.05) is 19.1 Å². The fourth-order valence-corrected chi connectivity index (χ4v) is 5.43. The van der Waals surface area contributed by atoms with E-state index >= 15 is 0 Å². The van der Waals surface area contributed by atoms with Crippen molar-refractivity contribution in [2.75, 3.05) is 19.6 Å². The number of likely N-dealkylation sites (tertiary alicyclic amines) is 1. The smallest absolute Gasteiger partial charge is 0.321 e. The molecule has 1 saturated carbocycles. The van der Waals surface area contributed by atoms with E-state index in [4.69, 9.17) is 0 Å². The van der Waals surface area contributed by atoms with Crippen LogP contribution in [0.25, 0.3) is 0 Å². The number of hydrogen-bond donors (Lipinski definition) is 3. The highest BCUT2D eigenvalue weighted by atomic mass is 32.2. The Bertz CT molecular complexity index is 866. The third-order valence-electron chi connectivity index (χ3n) is 6.30. The summed E-state index contributed by atoms with van der Waals surface area (Å²) in [5.41, 5.74) is 1.01. The SMILES string of the molecule is Cc1ccc(S(=O)(=O)NCC2CCCN(C(C)C(=O)NC(=O)NC3CCCC3)C2)cc1. The summed E-state index contributed by atoms with van der Waals surface area (Å²) < 4.78 is 27.8. The molecule has 2 unspecified atom stereocenters. The third kappa shape index (κ3) is 6.75. The summed E-state index contributed by atoms with van der Waals surface area (Å²) in [7, 11) is -3.56. The van der Waals surface area contributed by atoms with Gasteiger partial charge in [-0.3, -0.25) is 15.0 Å². The molecule has 3 rings (SSSR count). The maximum atomic E-state index is 12.5. The van der Waals surface area contributed by atoms with Crippen molar-refractivity contribution < 1.29 is 18.0 Å². The zero-order chi connectivity index (χ0) is 22.4. The maximum Gasteiger partial charge on any atom is 0.321 e. The topological polar surface area (TPSA) is 108 Å². The van der Waals surface area contributed by atoms with Crippen molar-refractivity contribution >= 4 is 22.0 Å². The third-order valence-corrected chi connectivity index (χ3v) is 7.74. The fourth-order valence-electron chi connectivity index (χ4n) is 4.32. The molecule has 1 aliphatic carbocycles. The minimum Gasteiger partial charge on any atom is -0.335 e. The molecule has 0 spiro atoms. The van der Waals surface area contributed by atoms with E-state index in [2.05, 4.69) is 15.4 Å². The molecule has 0 aromatic heterocycles. The molecule has 1 aromatic rings. The zero-order valence-electron chi connectivity index (χ0n) is 18.4. The van der Waals surface area contributed by atoms with Gasteiger partial charge in [-0.25, -0.2) is 17.9 Å². The van der Waals surface area contributed by atoms with Gasteiger partial charge in [-0.1, -0.05) is 30.5 Å². The van der Waals surface area contributed by atoms with Gasteiger partial charge in [-0.15, -0.1) is 0 Å². The van der Waals surface area contributed by atoms with Crippen molar-refractivity contribution in [1.82, 2.24) is 20.3 Å². The highest BCUT2D eigenvalue weighted by Crippen LogP contribution is 2.20. The zero-order valence-corrected chi connectivity index (χ0v) is 19.2. The Labute approximate surface area is 185 Å². The Hall–Kier alpha value is -1.97. The standard InChI is InChI=1S/C22H34N4O4S/c1-16-9-11-20(12-10-16)31(29,30)23-14-18-6-5-13-26(15-18)17(2)21(27)25-22(28)24-19-7-3-4-8-19/h9-12,17-19,23H,3-8,13-15H2,1-2H3,(H2,24,25,27,28). The van der Waals surface area contributed by atoms with Crippen LogP contribution in [0.15, 0.2) is 29.2 Å². The number of benzene rings is 1. The molecule has 3 N–H and O–H groups in total. The second-order valence-electron chi connectivity index (χ2n) is 8.79. The molecule has 9 heteroatoms. The van der Waals surface area contributed by atoms with Crippen LogP contribution in [0.2, 0.25) is 0 Å². The summed E-state index contributed by atoms with van der Waals surface area (Å²) in [6, 6.07) is 6.04. The van der Waals surface area contributed by atoms with E-state index < -0.39 is 22.1 Å². The van der Waals surface area contributed by atoms with E-state index in [0.29, 0.717) is 13.1 Å². The first kappa shape index (κ1) is 23.7. The molecule has 2 fully saturated rings. The summed E-state index contributed by atoms with van der Waals surface area (Å²) in [5, 5.41) is 5.33. The van der Waals surface area contributed by atoms with Gasteiger partial charge in [0.2, 0.25) is 15.9 Å². The van der Waals surface area contributed by atoms with E-state index in [-0.39, 0.29) is 22.8 Å². The van der Waals surface area contributed by atoms with Gasteiger partial charge in [-0.2, -0.15) is 0 Å². The predicted octanol–water partition coefficient (Wildman–Crippen LogP) is 2.14. The van der Waals surface area contributed by atoms with Gasteiger partial charge in [0.15, 0.2) is 0 Å². The Morgan fingerprint density at radius 2 is 1.77 bits per heavy atom. The number of amides is 3. The minimum absolute atomic E-state index is 0.108. The van der Waals surface area contributed by atoms with E-state index in [1.807, 2.05) is 11.8 Å². The average Bonchev–Trinajstić information content (AvgIpc) is 3.25. The number of aryl methyl sites for hydroxylation is 1. The summed E-state index contributed by atoms with van der Waals surface area (Å²) in [6.07, 6.45) is 5.91. The van der Waals surface area contributed by atoms with Crippen LogP contribution in [-0.4, -0.2) is 57.0 Å². The molecule has 2 atom stereocenters. The number of rotatable bonds is 7. The number of hydrogen-bond acceptors (Lipinski definition) is 5. The van der Waals surface area contributed by atoms with Gasteiger partial charge in [0.05, 0.1) is 10.9 Å². The Morgan fingerprint density at radius 3 is 2.45 bits per heavy atom. The quantitative estimate of drug-likeness (QED) is 0.590. The first-order valence-electron chi connectivity index (χ1n) is 11.2. The molecule has 172 valence electrons. The molecule has 3 amide bonds. The highest BCUT2D eigenvalue weighted by Gasteiger charge is 2.29. The fraction of sp³-hybridized carbons (Fsp3) is 0.636. The van der Waals surface area contributed by atoms with Crippen LogP contribution >= 0.6 is 0 Å². The first-order chi connectivity index (χ1) is 14.7. The second kappa shape index (κ2) is 10.6. The summed E-state index contributed by atoms with van der Waals surface area (Å²) in [6.45, 7) is 5.38. The molecular formula is C22H34N4O4S. The lowest BCUT2D eigenvalue weighted by atomic mass is 9.97. The molecule has 0 radical (unpaired) electrons. The Morgan fingerprint density at radius 1 is 1.10 bits per heavy atom. The summed E-state index contributed by atoms with van der Waals surface area (Å²) >= 11 is 0. The van der Waals surface area contributed by atoms with E-state index in [9.17, 15) is 18.0 Å². The molecule has 1 saturated heterocycles. The molecule has 0 bridgehead atoms. The lowest BCUT2D eigenvalue weighted by molar-refractivity contribution is -0.125. The molecule has 8 nitrogen and oxygen atoms in total. The number of urea groups is 1. The van der Waals surface area contributed by atoms with Gasteiger partial charge in [0.1, 0.15) is 0 Å². The molecule has 31 heavy (non-hydrogen) atoms. The Balaban J connectivity index is 1.48. The summed E-state index contributed by atoms with van der Waals surface area (Å²) in [5.74, 6) is -0.215. The van der Waals surface area contributed by atoms with Crippen LogP contribution in [-0.2, 0) is 14.8 Å². The number of carbonyl (C=O) groups excluding carboxylic acids is 2. The number of sulfonamides is 1. The normalized spacial score (nSPS) is 21.5. The Kier molecular flexibility index (Phi) is 8.07. The van der Waals surface area contributed by atoms with Crippen LogP contribution in [0.4, 0.5) is 4.79 Å². The van der Waals surface area contributed by atoms with Crippen molar-refractivity contribution in [2.45, 2.75) is 69.4 Å². The van der Waals surface area contributed by atoms with E-state index in [1.165, 1.54) is 0 Å². The van der Waals surface area contributed by atoms with Crippen LogP contribution in [0, 0.1) is 12.8 Å². The lowest BCUT2D eigenvalue weighted by Gasteiger charge is -2.36. The van der Waals surface area contributed by atoms with Crippen molar-refractivity contribution in [2.24, 2.45) is 5.92 Å². The lowest BCUT2D eigenvalue weighted by Crippen LogP contribution is -2.53. The van der Waals surface area contributed by atoms with Crippen LogP contribution < -0.4 is 15.4 Å². The van der Waals surface area contributed by atoms with Gasteiger partial charge in [-0.05, 0) is 64.1 Å². The molecule has 2 aliphatic rings. The molecule has 1 aliphatic heterocycles. The number of nitrogens with zero attached hydrogens (tertiary/aromatic N) is 1. The van der Waals surface area contributed by atoms with Gasteiger partial charge >= 0.3 is 6.03 Å². The van der Waals surface area contributed by atoms with E-state index in [0.717, 1.165) is 50.6 Å². The van der Waals surface area contributed by atoms with Crippen molar-refractivity contribution in [1.29, 1.82) is 0 Å². The monoisotopic (exact) mass is 450 g/mol. The largest absolute Gasteiger partial charge is 0.335 e. The average molecular weight is 451 g/mol. The van der Waals surface area contributed by atoms with Crippen molar-refractivity contribution in [3.63, 3.8) is 0 Å². The van der Waals surface area contributed by atoms with Crippen molar-refractivity contribution in [3.8, 4) is 0 Å². The highest BCUT2D eigenvalue weighted by molar-refractivity contribution is 7.89. The van der Waals surface area contributed by atoms with Gasteiger partial charge < -0.3 is 5.32 Å². The number of carbonyl (C=O) groups is 2. The van der Waals surface area contributed by atoms with Crippen LogP contribution in [0.1, 0.15) is 51.0 Å². The minimum atomic E-state index is -3.56. The summed E-state index contributed by atoms with van der Waals surface area (Å²) in [4.78, 5) is 26.9. The van der Waals surface area contributed by atoms with Crippen LogP contribution in [0.5, 0.6) is 0 Å². The first-order valence-corrected chi connectivity index (χ1v) is 12.6. The number of piperidine rings is 1. The predicted molar refractivity (Wildman–Crippen MR) is 119 cm³/mol. The molecule has 1 aromatic carbocycles. The number of nitrogens with one attached hydrogen (secondary N) is 3. The van der Waals surface area contributed by atoms with Gasteiger partial charge in [0.25, 0.3) is 0 Å². The maximum absolute atomic E-state index is 12.5. The van der Waals surface area contributed by atoms with E-state index in [1.54, 1.807) is 31.2 Å². The van der Waals surface area contributed by atoms with Crippen molar-refractivity contribution in [3.05, 3.63) is 29.8 Å². The molecule has 1 heterocycles. The number of imide groups is 1. The molecular weight excluding hydrogens is 416 g/mol. The van der Waals surface area contributed by atoms with Crippen LogP contribution in [0.3, 0.4) is 0 Å².